The Kier molecular flexibility index (Phi) is 5.24. The number of rotatable bonds is 5. The van der Waals surface area contributed by atoms with Crippen molar-refractivity contribution in [2.75, 3.05) is 18.9 Å². The molecule has 1 N–H and O–H groups in total. The van der Waals surface area contributed by atoms with Crippen molar-refractivity contribution in [3.8, 4) is 0 Å². The molecule has 1 heterocycles. The van der Waals surface area contributed by atoms with Crippen LogP contribution in [0.4, 0.5) is 18.9 Å². The second-order valence-corrected chi connectivity index (χ2v) is 6.94. The monoisotopic (exact) mass is 379 g/mol. The fourth-order valence-corrected chi connectivity index (χ4v) is 3.52. The minimum absolute atomic E-state index is 0.0600. The molecule has 0 bridgehead atoms. The molecule has 0 fully saturated rings. The Bertz CT molecular complexity index is 927. The standard InChI is InChI=1S/C18H16F3N3OS/c1-10(18-23-12-5-3-4-6-14(12)26-18)24(2)9-15(25)22-13-8-7-11(19)16(20)17(13)21/h3-8,10H,9H2,1-2H3,(H,22,25)/t10-/m0/s1. The first-order chi connectivity index (χ1) is 12.4. The molecule has 3 rings (SSSR count). The SMILES string of the molecule is C[C@@H](c1nc2ccccc2s1)N(C)CC(=O)Nc1ccc(F)c(F)c1F. The van der Waals surface area contributed by atoms with E-state index in [0.29, 0.717) is 0 Å². The number of anilines is 1. The molecule has 1 amide bonds. The van der Waals surface area contributed by atoms with Gasteiger partial charge in [-0.25, -0.2) is 18.2 Å². The first kappa shape index (κ1) is 18.3. The van der Waals surface area contributed by atoms with E-state index in [1.807, 2.05) is 31.2 Å². The van der Waals surface area contributed by atoms with E-state index in [-0.39, 0.29) is 12.6 Å². The first-order valence-corrected chi connectivity index (χ1v) is 8.67. The number of likely N-dealkylation sites (N-methyl/N-ethyl adjacent to an activating group) is 1. The topological polar surface area (TPSA) is 45.2 Å². The van der Waals surface area contributed by atoms with E-state index in [4.69, 9.17) is 0 Å². The molecule has 1 atom stereocenters. The zero-order valence-electron chi connectivity index (χ0n) is 14.1. The van der Waals surface area contributed by atoms with Gasteiger partial charge in [-0.2, -0.15) is 0 Å². The minimum atomic E-state index is -1.61. The first-order valence-electron chi connectivity index (χ1n) is 7.86. The smallest absolute Gasteiger partial charge is 0.238 e. The molecule has 0 unspecified atom stereocenters. The maximum atomic E-state index is 13.7. The third-order valence-electron chi connectivity index (χ3n) is 4.03. The molecule has 2 aromatic carbocycles. The Morgan fingerprint density at radius 1 is 1.19 bits per heavy atom. The Morgan fingerprint density at radius 2 is 1.92 bits per heavy atom. The third-order valence-corrected chi connectivity index (χ3v) is 5.24. The molecule has 0 saturated heterocycles. The lowest BCUT2D eigenvalue weighted by atomic mass is 10.2. The van der Waals surface area contributed by atoms with Crippen molar-refractivity contribution in [1.82, 2.24) is 9.88 Å². The van der Waals surface area contributed by atoms with Crippen molar-refractivity contribution in [3.63, 3.8) is 0 Å². The number of halogens is 3. The highest BCUT2D eigenvalue weighted by Gasteiger charge is 2.20. The lowest BCUT2D eigenvalue weighted by molar-refractivity contribution is -0.117. The van der Waals surface area contributed by atoms with Crippen molar-refractivity contribution in [2.24, 2.45) is 0 Å². The summed E-state index contributed by atoms with van der Waals surface area (Å²) < 4.78 is 40.9. The van der Waals surface area contributed by atoms with Gasteiger partial charge >= 0.3 is 0 Å². The van der Waals surface area contributed by atoms with Crippen molar-refractivity contribution in [1.29, 1.82) is 0 Å². The predicted octanol–water partition coefficient (Wildman–Crippen LogP) is 4.35. The number of para-hydroxylation sites is 1. The fraction of sp³-hybridized carbons (Fsp3) is 0.222. The van der Waals surface area contributed by atoms with Gasteiger partial charge in [0.15, 0.2) is 17.5 Å². The molecule has 3 aromatic rings. The molecule has 1 aromatic heterocycles. The van der Waals surface area contributed by atoms with Crippen LogP contribution in [0.3, 0.4) is 0 Å². The van der Waals surface area contributed by atoms with E-state index in [1.165, 1.54) is 11.3 Å². The lowest BCUT2D eigenvalue weighted by Gasteiger charge is -2.22. The van der Waals surface area contributed by atoms with Crippen molar-refractivity contribution in [3.05, 3.63) is 58.9 Å². The van der Waals surface area contributed by atoms with E-state index in [2.05, 4.69) is 10.3 Å². The number of aromatic nitrogens is 1. The number of nitrogens with one attached hydrogen (secondary N) is 1. The number of hydrogen-bond acceptors (Lipinski definition) is 4. The van der Waals surface area contributed by atoms with Crippen LogP contribution in [0, 0.1) is 17.5 Å². The number of fused-ring (bicyclic) bond motifs is 1. The van der Waals surface area contributed by atoms with Crippen LogP contribution in [-0.4, -0.2) is 29.4 Å². The number of nitrogens with zero attached hydrogens (tertiary/aromatic N) is 2. The van der Waals surface area contributed by atoms with Gasteiger partial charge in [0, 0.05) is 0 Å². The summed E-state index contributed by atoms with van der Waals surface area (Å²) in [4.78, 5) is 18.4. The average molecular weight is 379 g/mol. The van der Waals surface area contributed by atoms with E-state index in [1.54, 1.807) is 11.9 Å². The Balaban J connectivity index is 1.68. The van der Waals surface area contributed by atoms with Gasteiger partial charge < -0.3 is 5.32 Å². The van der Waals surface area contributed by atoms with Crippen LogP contribution < -0.4 is 5.32 Å². The van der Waals surface area contributed by atoms with Crippen molar-refractivity contribution >= 4 is 33.1 Å². The highest BCUT2D eigenvalue weighted by Crippen LogP contribution is 2.28. The van der Waals surface area contributed by atoms with Gasteiger partial charge in [0.05, 0.1) is 28.5 Å². The summed E-state index contributed by atoms with van der Waals surface area (Å²) in [6, 6.07) is 9.34. The minimum Gasteiger partial charge on any atom is -0.322 e. The quantitative estimate of drug-likeness (QED) is 0.671. The number of amides is 1. The highest BCUT2D eigenvalue weighted by molar-refractivity contribution is 7.18. The number of hydrogen-bond donors (Lipinski definition) is 1. The number of carbonyl (C=O) groups is 1. The van der Waals surface area contributed by atoms with Gasteiger partial charge in [0.2, 0.25) is 5.91 Å². The summed E-state index contributed by atoms with van der Waals surface area (Å²) in [6.45, 7) is 1.85. The summed E-state index contributed by atoms with van der Waals surface area (Å²) in [6.07, 6.45) is 0. The molecular weight excluding hydrogens is 363 g/mol. The Labute approximate surface area is 152 Å². The normalized spacial score (nSPS) is 12.5. The van der Waals surface area contributed by atoms with Crippen LogP contribution in [0.1, 0.15) is 18.0 Å². The zero-order valence-corrected chi connectivity index (χ0v) is 14.9. The molecule has 136 valence electrons. The van der Waals surface area contributed by atoms with Gasteiger partial charge in [-0.1, -0.05) is 12.1 Å². The molecular formula is C18H16F3N3OS. The molecule has 0 radical (unpaired) electrons. The third kappa shape index (κ3) is 3.71. The predicted molar refractivity (Wildman–Crippen MR) is 95.6 cm³/mol. The largest absolute Gasteiger partial charge is 0.322 e. The summed E-state index contributed by atoms with van der Waals surface area (Å²) in [5.41, 5.74) is 0.496. The highest BCUT2D eigenvalue weighted by atomic mass is 32.1. The second kappa shape index (κ2) is 7.43. The molecule has 0 spiro atoms. The fourth-order valence-electron chi connectivity index (χ4n) is 2.43. The van der Waals surface area contributed by atoms with Crippen molar-refractivity contribution in [2.45, 2.75) is 13.0 Å². The maximum Gasteiger partial charge on any atom is 0.238 e. The van der Waals surface area contributed by atoms with Crippen LogP contribution >= 0.6 is 11.3 Å². The number of thiazole rings is 1. The molecule has 0 aliphatic carbocycles. The molecule has 26 heavy (non-hydrogen) atoms. The lowest BCUT2D eigenvalue weighted by Crippen LogP contribution is -2.32. The summed E-state index contributed by atoms with van der Waals surface area (Å²) in [5, 5.41) is 3.11. The van der Waals surface area contributed by atoms with E-state index >= 15 is 0 Å². The van der Waals surface area contributed by atoms with Gasteiger partial charge in [-0.15, -0.1) is 11.3 Å². The molecule has 4 nitrogen and oxygen atoms in total. The van der Waals surface area contributed by atoms with E-state index < -0.39 is 29.0 Å². The molecule has 0 aliphatic rings. The Hall–Kier alpha value is -2.45. The summed E-state index contributed by atoms with van der Waals surface area (Å²) in [5.74, 6) is -4.87. The number of benzene rings is 2. The van der Waals surface area contributed by atoms with Crippen LogP contribution in [-0.2, 0) is 4.79 Å². The summed E-state index contributed by atoms with van der Waals surface area (Å²) in [7, 11) is 1.73. The van der Waals surface area contributed by atoms with Gasteiger partial charge in [-0.3, -0.25) is 9.69 Å². The number of carbonyl (C=O) groups excluding carboxylic acids is 1. The Morgan fingerprint density at radius 3 is 2.65 bits per heavy atom. The van der Waals surface area contributed by atoms with E-state index in [0.717, 1.165) is 27.4 Å². The molecule has 8 heteroatoms. The van der Waals surface area contributed by atoms with Gasteiger partial charge in [0.25, 0.3) is 0 Å². The van der Waals surface area contributed by atoms with Crippen LogP contribution in [0.25, 0.3) is 10.2 Å². The van der Waals surface area contributed by atoms with Crippen LogP contribution in [0.15, 0.2) is 36.4 Å². The summed E-state index contributed by atoms with van der Waals surface area (Å²) >= 11 is 1.54. The van der Waals surface area contributed by atoms with Gasteiger partial charge in [0.1, 0.15) is 5.01 Å². The average Bonchev–Trinajstić information content (AvgIpc) is 3.05. The molecule has 0 saturated carbocycles. The van der Waals surface area contributed by atoms with Gasteiger partial charge in [-0.05, 0) is 38.2 Å². The van der Waals surface area contributed by atoms with Crippen LogP contribution in [0.2, 0.25) is 0 Å². The van der Waals surface area contributed by atoms with Crippen molar-refractivity contribution < 1.29 is 18.0 Å². The second-order valence-electron chi connectivity index (χ2n) is 5.88. The zero-order chi connectivity index (χ0) is 18.8. The maximum absolute atomic E-state index is 13.7. The van der Waals surface area contributed by atoms with Crippen LogP contribution in [0.5, 0.6) is 0 Å². The van der Waals surface area contributed by atoms with E-state index in [9.17, 15) is 18.0 Å². The molecule has 0 aliphatic heterocycles.